The van der Waals surface area contributed by atoms with E-state index in [4.69, 9.17) is 4.74 Å². The van der Waals surface area contributed by atoms with E-state index >= 15 is 0 Å². The number of carbonyl (C=O) groups is 1. The molecular formula is C22H24N2O2S. The summed E-state index contributed by atoms with van der Waals surface area (Å²) in [5.41, 5.74) is 2.62. The third kappa shape index (κ3) is 5.94. The van der Waals surface area contributed by atoms with Crippen molar-refractivity contribution in [1.82, 2.24) is 4.90 Å². The van der Waals surface area contributed by atoms with Crippen molar-refractivity contribution >= 4 is 22.9 Å². The fraction of sp³-hybridized carbons (Fsp3) is 0.227. The molecule has 0 saturated carbocycles. The van der Waals surface area contributed by atoms with Crippen LogP contribution in [0.4, 0.5) is 5.69 Å². The second kappa shape index (κ2) is 9.35. The lowest BCUT2D eigenvalue weighted by Crippen LogP contribution is -2.15. The zero-order chi connectivity index (χ0) is 19.1. The van der Waals surface area contributed by atoms with Crippen molar-refractivity contribution in [2.24, 2.45) is 0 Å². The van der Waals surface area contributed by atoms with Gasteiger partial charge in [0.05, 0.1) is 0 Å². The SMILES string of the molecule is CN(C)CCc1ccc(NC(=O)c2cccc(OCc3cccs3)c2)cc1. The van der Waals surface area contributed by atoms with E-state index in [1.807, 2.05) is 41.8 Å². The molecule has 0 aliphatic carbocycles. The number of nitrogens with one attached hydrogen (secondary N) is 1. The number of hydrogen-bond acceptors (Lipinski definition) is 4. The minimum absolute atomic E-state index is 0.141. The summed E-state index contributed by atoms with van der Waals surface area (Å²) >= 11 is 1.65. The van der Waals surface area contributed by atoms with Crippen molar-refractivity contribution in [1.29, 1.82) is 0 Å². The molecule has 0 spiro atoms. The number of benzene rings is 2. The van der Waals surface area contributed by atoms with Gasteiger partial charge in [-0.25, -0.2) is 0 Å². The van der Waals surface area contributed by atoms with E-state index < -0.39 is 0 Å². The molecule has 1 amide bonds. The normalized spacial score (nSPS) is 10.8. The highest BCUT2D eigenvalue weighted by Gasteiger charge is 2.08. The molecule has 0 aliphatic rings. The fourth-order valence-electron chi connectivity index (χ4n) is 2.59. The summed E-state index contributed by atoms with van der Waals surface area (Å²) in [6.07, 6.45) is 0.991. The Balaban J connectivity index is 1.58. The Bertz CT molecular complexity index is 858. The van der Waals surface area contributed by atoms with Crippen LogP contribution in [0.2, 0.25) is 0 Å². The van der Waals surface area contributed by atoms with Gasteiger partial charge in [-0.1, -0.05) is 24.3 Å². The maximum atomic E-state index is 12.5. The number of rotatable bonds is 8. The maximum absolute atomic E-state index is 12.5. The molecule has 0 bridgehead atoms. The third-order valence-electron chi connectivity index (χ3n) is 4.12. The molecule has 1 heterocycles. The van der Waals surface area contributed by atoms with Gasteiger partial charge >= 0.3 is 0 Å². The van der Waals surface area contributed by atoms with Crippen molar-refractivity contribution in [2.75, 3.05) is 26.0 Å². The Morgan fingerprint density at radius 1 is 1.07 bits per heavy atom. The molecule has 0 saturated heterocycles. The first kappa shape index (κ1) is 19.1. The van der Waals surface area contributed by atoms with Crippen LogP contribution in [0.5, 0.6) is 5.75 Å². The van der Waals surface area contributed by atoms with Crippen LogP contribution in [0.3, 0.4) is 0 Å². The summed E-state index contributed by atoms with van der Waals surface area (Å²) in [4.78, 5) is 15.8. The first-order valence-corrected chi connectivity index (χ1v) is 9.78. The maximum Gasteiger partial charge on any atom is 0.255 e. The minimum atomic E-state index is -0.141. The number of amides is 1. The predicted octanol–water partition coefficient (Wildman–Crippen LogP) is 4.68. The number of ether oxygens (including phenoxy) is 1. The number of nitrogens with zero attached hydrogens (tertiary/aromatic N) is 1. The van der Waals surface area contributed by atoms with Crippen LogP contribution in [0, 0.1) is 0 Å². The van der Waals surface area contributed by atoms with Crippen molar-refractivity contribution in [3.63, 3.8) is 0 Å². The molecule has 4 nitrogen and oxygen atoms in total. The Morgan fingerprint density at radius 2 is 1.89 bits per heavy atom. The van der Waals surface area contributed by atoms with Gasteiger partial charge in [-0.05, 0) is 67.9 Å². The van der Waals surface area contributed by atoms with Gasteiger partial charge in [-0.2, -0.15) is 0 Å². The molecule has 27 heavy (non-hydrogen) atoms. The molecule has 0 radical (unpaired) electrons. The minimum Gasteiger partial charge on any atom is -0.488 e. The highest BCUT2D eigenvalue weighted by molar-refractivity contribution is 7.09. The standard InChI is InChI=1S/C22H24N2O2S/c1-24(2)13-12-17-8-10-19(11-9-17)23-22(25)18-5-3-6-20(15-18)26-16-21-7-4-14-27-21/h3-11,14-15H,12-13,16H2,1-2H3,(H,23,25). The topological polar surface area (TPSA) is 41.6 Å². The Hall–Kier alpha value is -2.63. The van der Waals surface area contributed by atoms with Gasteiger partial charge in [0.2, 0.25) is 0 Å². The van der Waals surface area contributed by atoms with Gasteiger partial charge in [-0.15, -0.1) is 11.3 Å². The van der Waals surface area contributed by atoms with E-state index in [0.717, 1.165) is 23.5 Å². The Morgan fingerprint density at radius 3 is 2.59 bits per heavy atom. The average Bonchev–Trinajstić information content (AvgIpc) is 3.19. The van der Waals surface area contributed by atoms with Crippen LogP contribution in [0.25, 0.3) is 0 Å². The molecule has 5 heteroatoms. The molecule has 0 atom stereocenters. The second-order valence-electron chi connectivity index (χ2n) is 6.60. The fourth-order valence-corrected chi connectivity index (χ4v) is 3.20. The number of anilines is 1. The Labute approximate surface area is 164 Å². The lowest BCUT2D eigenvalue weighted by Gasteiger charge is -2.10. The van der Waals surface area contributed by atoms with Crippen LogP contribution in [0.15, 0.2) is 66.0 Å². The largest absolute Gasteiger partial charge is 0.488 e. The van der Waals surface area contributed by atoms with Gasteiger partial charge in [0.25, 0.3) is 5.91 Å². The molecule has 140 valence electrons. The molecule has 0 aliphatic heterocycles. The predicted molar refractivity (Wildman–Crippen MR) is 112 cm³/mol. The van der Waals surface area contributed by atoms with Gasteiger partial charge in [0.15, 0.2) is 0 Å². The molecule has 1 aromatic heterocycles. The quantitative estimate of drug-likeness (QED) is 0.617. The van der Waals surface area contributed by atoms with Gasteiger partial charge < -0.3 is 15.0 Å². The first-order chi connectivity index (χ1) is 13.1. The number of carbonyl (C=O) groups excluding carboxylic acids is 1. The monoisotopic (exact) mass is 380 g/mol. The lowest BCUT2D eigenvalue weighted by atomic mass is 10.1. The summed E-state index contributed by atoms with van der Waals surface area (Å²) < 4.78 is 5.78. The van der Waals surface area contributed by atoms with Crippen LogP contribution >= 0.6 is 11.3 Å². The summed E-state index contributed by atoms with van der Waals surface area (Å²) in [7, 11) is 4.12. The van der Waals surface area contributed by atoms with E-state index in [1.54, 1.807) is 23.5 Å². The zero-order valence-corrected chi connectivity index (χ0v) is 16.5. The first-order valence-electron chi connectivity index (χ1n) is 8.90. The summed E-state index contributed by atoms with van der Waals surface area (Å²) in [5.74, 6) is 0.549. The number of likely N-dealkylation sites (N-methyl/N-ethyl adjacent to an activating group) is 1. The molecule has 1 N–H and O–H groups in total. The smallest absolute Gasteiger partial charge is 0.255 e. The molecule has 0 unspecified atom stereocenters. The summed E-state index contributed by atoms with van der Waals surface area (Å²) in [6.45, 7) is 1.51. The van der Waals surface area contributed by atoms with E-state index in [2.05, 4.69) is 36.4 Å². The summed E-state index contributed by atoms with van der Waals surface area (Å²) in [5, 5.41) is 4.97. The Kier molecular flexibility index (Phi) is 6.63. The van der Waals surface area contributed by atoms with Crippen LogP contribution in [-0.4, -0.2) is 31.4 Å². The highest BCUT2D eigenvalue weighted by Crippen LogP contribution is 2.18. The molecule has 3 rings (SSSR count). The molecule has 0 fully saturated rings. The molecule has 2 aromatic carbocycles. The molecular weight excluding hydrogens is 356 g/mol. The zero-order valence-electron chi connectivity index (χ0n) is 15.6. The summed E-state index contributed by atoms with van der Waals surface area (Å²) in [6, 6.07) is 19.3. The molecule has 3 aromatic rings. The van der Waals surface area contributed by atoms with Crippen LogP contribution in [-0.2, 0) is 13.0 Å². The van der Waals surface area contributed by atoms with Crippen molar-refractivity contribution in [3.05, 3.63) is 82.0 Å². The van der Waals surface area contributed by atoms with E-state index in [0.29, 0.717) is 17.9 Å². The third-order valence-corrected chi connectivity index (χ3v) is 4.97. The van der Waals surface area contributed by atoms with Gasteiger partial charge in [0.1, 0.15) is 12.4 Å². The highest BCUT2D eigenvalue weighted by atomic mass is 32.1. The lowest BCUT2D eigenvalue weighted by molar-refractivity contribution is 0.102. The van der Waals surface area contributed by atoms with E-state index in [9.17, 15) is 4.79 Å². The van der Waals surface area contributed by atoms with Crippen molar-refractivity contribution < 1.29 is 9.53 Å². The average molecular weight is 381 g/mol. The van der Waals surface area contributed by atoms with Crippen molar-refractivity contribution in [3.8, 4) is 5.75 Å². The van der Waals surface area contributed by atoms with Gasteiger partial charge in [0, 0.05) is 22.7 Å². The van der Waals surface area contributed by atoms with E-state index in [1.165, 1.54) is 5.56 Å². The number of thiophene rings is 1. The van der Waals surface area contributed by atoms with E-state index in [-0.39, 0.29) is 5.91 Å². The van der Waals surface area contributed by atoms with Crippen LogP contribution < -0.4 is 10.1 Å². The van der Waals surface area contributed by atoms with Gasteiger partial charge in [-0.3, -0.25) is 4.79 Å². The van der Waals surface area contributed by atoms with Crippen molar-refractivity contribution in [2.45, 2.75) is 13.0 Å². The second-order valence-corrected chi connectivity index (χ2v) is 7.63. The number of hydrogen-bond donors (Lipinski definition) is 1. The van der Waals surface area contributed by atoms with Crippen LogP contribution in [0.1, 0.15) is 20.8 Å².